The maximum Gasteiger partial charge on any atom is 0.0724 e. The Hall–Kier alpha value is -0.160. The molecule has 3 unspecified atom stereocenters. The fourth-order valence-electron chi connectivity index (χ4n) is 2.55. The van der Waals surface area contributed by atoms with Gasteiger partial charge in [0.15, 0.2) is 0 Å². The molecule has 0 radical (unpaired) electrons. The fourth-order valence-corrected chi connectivity index (χ4v) is 2.55. The summed E-state index contributed by atoms with van der Waals surface area (Å²) in [6.07, 6.45) is 1.57. The van der Waals surface area contributed by atoms with Crippen LogP contribution in [-0.4, -0.2) is 63.5 Å². The van der Waals surface area contributed by atoms with E-state index in [0.717, 1.165) is 26.2 Å². The van der Waals surface area contributed by atoms with Crippen molar-refractivity contribution >= 4 is 0 Å². The van der Waals surface area contributed by atoms with E-state index >= 15 is 0 Å². The van der Waals surface area contributed by atoms with Crippen molar-refractivity contribution in [1.29, 1.82) is 0 Å². The minimum absolute atomic E-state index is 0.358. The van der Waals surface area contributed by atoms with Gasteiger partial charge in [0.2, 0.25) is 0 Å². The summed E-state index contributed by atoms with van der Waals surface area (Å²) < 4.78 is 10.9. The van der Waals surface area contributed by atoms with Gasteiger partial charge in [0.05, 0.1) is 12.7 Å². The standard InChI is InChI=1S/C14H30N2O2/c1-11(2)15-8-13(10-17-4)16-7-6-12(3)14(9-16)18-5/h11-15H,6-10H2,1-5H3. The zero-order valence-electron chi connectivity index (χ0n) is 12.6. The van der Waals surface area contributed by atoms with E-state index in [4.69, 9.17) is 9.47 Å². The Labute approximate surface area is 112 Å². The van der Waals surface area contributed by atoms with Crippen molar-refractivity contribution in [2.24, 2.45) is 5.92 Å². The molecule has 0 aromatic carbocycles. The van der Waals surface area contributed by atoms with Crippen molar-refractivity contribution in [3.8, 4) is 0 Å². The number of hydrogen-bond donors (Lipinski definition) is 1. The van der Waals surface area contributed by atoms with Gasteiger partial charge in [-0.25, -0.2) is 0 Å². The van der Waals surface area contributed by atoms with Crippen molar-refractivity contribution in [1.82, 2.24) is 10.2 Å². The second-order valence-electron chi connectivity index (χ2n) is 5.71. The third-order valence-electron chi connectivity index (χ3n) is 3.86. The van der Waals surface area contributed by atoms with Crippen molar-refractivity contribution in [3.05, 3.63) is 0 Å². The highest BCUT2D eigenvalue weighted by Gasteiger charge is 2.30. The maximum atomic E-state index is 5.58. The van der Waals surface area contributed by atoms with Gasteiger partial charge >= 0.3 is 0 Å². The van der Waals surface area contributed by atoms with Crippen molar-refractivity contribution in [2.75, 3.05) is 40.5 Å². The zero-order chi connectivity index (χ0) is 13.5. The quantitative estimate of drug-likeness (QED) is 0.747. The number of ether oxygens (including phenoxy) is 2. The van der Waals surface area contributed by atoms with Crippen LogP contribution in [0.15, 0.2) is 0 Å². The molecule has 1 heterocycles. The van der Waals surface area contributed by atoms with E-state index < -0.39 is 0 Å². The van der Waals surface area contributed by atoms with Crippen LogP contribution >= 0.6 is 0 Å². The Kier molecular flexibility index (Phi) is 7.15. The molecule has 18 heavy (non-hydrogen) atoms. The third kappa shape index (κ3) is 4.84. The monoisotopic (exact) mass is 258 g/mol. The zero-order valence-corrected chi connectivity index (χ0v) is 12.6. The molecule has 0 bridgehead atoms. The molecular formula is C14H30N2O2. The van der Waals surface area contributed by atoms with E-state index in [1.54, 1.807) is 7.11 Å². The van der Waals surface area contributed by atoms with Crippen LogP contribution in [0.5, 0.6) is 0 Å². The number of nitrogens with one attached hydrogen (secondary N) is 1. The van der Waals surface area contributed by atoms with Crippen LogP contribution in [0.4, 0.5) is 0 Å². The molecule has 4 nitrogen and oxygen atoms in total. The van der Waals surface area contributed by atoms with Crippen LogP contribution < -0.4 is 5.32 Å². The molecule has 1 fully saturated rings. The van der Waals surface area contributed by atoms with Crippen LogP contribution in [0.1, 0.15) is 27.2 Å². The molecular weight excluding hydrogens is 228 g/mol. The van der Waals surface area contributed by atoms with Gasteiger partial charge < -0.3 is 14.8 Å². The summed E-state index contributed by atoms with van der Waals surface area (Å²) in [4.78, 5) is 2.51. The lowest BCUT2D eigenvalue weighted by atomic mass is 9.94. The Bertz CT molecular complexity index is 224. The second kappa shape index (κ2) is 8.10. The predicted molar refractivity (Wildman–Crippen MR) is 75.0 cm³/mol. The van der Waals surface area contributed by atoms with Gasteiger partial charge in [-0.05, 0) is 18.9 Å². The fraction of sp³-hybridized carbons (Fsp3) is 1.00. The van der Waals surface area contributed by atoms with E-state index in [1.807, 2.05) is 7.11 Å². The minimum Gasteiger partial charge on any atom is -0.383 e. The molecule has 1 aliphatic rings. The molecule has 0 spiro atoms. The van der Waals surface area contributed by atoms with E-state index in [-0.39, 0.29) is 0 Å². The molecule has 0 aromatic heterocycles. The van der Waals surface area contributed by atoms with Crippen molar-refractivity contribution in [2.45, 2.75) is 45.4 Å². The summed E-state index contributed by atoms with van der Waals surface area (Å²) in [5, 5.41) is 3.51. The molecule has 1 rings (SSSR count). The van der Waals surface area contributed by atoms with Crippen molar-refractivity contribution < 1.29 is 9.47 Å². The molecule has 0 aromatic rings. The summed E-state index contributed by atoms with van der Waals surface area (Å²) in [6.45, 7) is 10.6. The van der Waals surface area contributed by atoms with E-state index in [0.29, 0.717) is 24.1 Å². The Balaban J connectivity index is 2.50. The summed E-state index contributed by atoms with van der Waals surface area (Å²) in [7, 11) is 3.60. The third-order valence-corrected chi connectivity index (χ3v) is 3.86. The smallest absolute Gasteiger partial charge is 0.0724 e. The lowest BCUT2D eigenvalue weighted by molar-refractivity contribution is -0.0305. The lowest BCUT2D eigenvalue weighted by Gasteiger charge is -2.40. The first-order valence-electron chi connectivity index (χ1n) is 7.07. The second-order valence-corrected chi connectivity index (χ2v) is 5.71. The Morgan fingerprint density at radius 2 is 2.06 bits per heavy atom. The van der Waals surface area contributed by atoms with Gasteiger partial charge in [0.1, 0.15) is 0 Å². The topological polar surface area (TPSA) is 33.7 Å². The number of nitrogens with zero attached hydrogens (tertiary/aromatic N) is 1. The first-order chi connectivity index (χ1) is 8.58. The van der Waals surface area contributed by atoms with Crippen LogP contribution in [-0.2, 0) is 9.47 Å². The lowest BCUT2D eigenvalue weighted by Crippen LogP contribution is -2.53. The van der Waals surface area contributed by atoms with E-state index in [2.05, 4.69) is 31.0 Å². The van der Waals surface area contributed by atoms with Gasteiger partial charge in [-0.15, -0.1) is 0 Å². The number of piperidine rings is 1. The van der Waals surface area contributed by atoms with E-state index in [1.165, 1.54) is 6.42 Å². The highest BCUT2D eigenvalue weighted by atomic mass is 16.5. The Morgan fingerprint density at radius 1 is 1.33 bits per heavy atom. The van der Waals surface area contributed by atoms with Crippen LogP contribution in [0.25, 0.3) is 0 Å². The summed E-state index contributed by atoms with van der Waals surface area (Å²) in [5.74, 6) is 0.660. The van der Waals surface area contributed by atoms with Gasteiger partial charge in [0.25, 0.3) is 0 Å². The van der Waals surface area contributed by atoms with Crippen LogP contribution in [0.3, 0.4) is 0 Å². The SMILES string of the molecule is COCC(CNC(C)C)N1CCC(C)C(OC)C1. The molecule has 4 heteroatoms. The average molecular weight is 258 g/mol. The number of likely N-dealkylation sites (tertiary alicyclic amines) is 1. The van der Waals surface area contributed by atoms with Crippen molar-refractivity contribution in [3.63, 3.8) is 0 Å². The van der Waals surface area contributed by atoms with Gasteiger partial charge in [-0.3, -0.25) is 4.90 Å². The molecule has 1 saturated heterocycles. The predicted octanol–water partition coefficient (Wildman–Crippen LogP) is 1.36. The van der Waals surface area contributed by atoms with E-state index in [9.17, 15) is 0 Å². The van der Waals surface area contributed by atoms with Gasteiger partial charge in [0, 0.05) is 39.4 Å². The summed E-state index contributed by atoms with van der Waals surface area (Å²) in [5.41, 5.74) is 0. The highest BCUT2D eigenvalue weighted by molar-refractivity contribution is 4.84. The molecule has 0 amide bonds. The maximum absolute atomic E-state index is 5.58. The number of hydrogen-bond acceptors (Lipinski definition) is 4. The first kappa shape index (κ1) is 15.9. The van der Waals surface area contributed by atoms with Crippen LogP contribution in [0, 0.1) is 5.92 Å². The summed E-state index contributed by atoms with van der Waals surface area (Å²) >= 11 is 0. The average Bonchev–Trinajstić information content (AvgIpc) is 2.35. The molecule has 1 aliphatic heterocycles. The largest absolute Gasteiger partial charge is 0.383 e. The molecule has 0 saturated carbocycles. The number of methoxy groups -OCH3 is 2. The summed E-state index contributed by atoms with van der Waals surface area (Å²) in [6, 6.07) is 0.967. The number of rotatable bonds is 7. The molecule has 108 valence electrons. The highest BCUT2D eigenvalue weighted by Crippen LogP contribution is 2.21. The molecule has 0 aliphatic carbocycles. The molecule has 1 N–H and O–H groups in total. The Morgan fingerprint density at radius 3 is 2.61 bits per heavy atom. The normalized spacial score (nSPS) is 27.7. The van der Waals surface area contributed by atoms with Gasteiger partial charge in [-0.2, -0.15) is 0 Å². The van der Waals surface area contributed by atoms with Gasteiger partial charge in [-0.1, -0.05) is 20.8 Å². The first-order valence-corrected chi connectivity index (χ1v) is 7.07. The molecule has 3 atom stereocenters. The van der Waals surface area contributed by atoms with Crippen LogP contribution in [0.2, 0.25) is 0 Å². The minimum atomic E-state index is 0.358.